The number of ether oxygens (including phenoxy) is 1. The van der Waals surface area contributed by atoms with Crippen LogP contribution < -0.4 is 0 Å². The highest BCUT2D eigenvalue weighted by atomic mass is 16.5. The van der Waals surface area contributed by atoms with E-state index in [2.05, 4.69) is 4.98 Å². The Morgan fingerprint density at radius 3 is 2.61 bits per heavy atom. The van der Waals surface area contributed by atoms with Crippen molar-refractivity contribution in [3.05, 3.63) is 65.5 Å². The van der Waals surface area contributed by atoms with Gasteiger partial charge in [-0.1, -0.05) is 30.3 Å². The first-order chi connectivity index (χ1) is 13.6. The Bertz CT molecular complexity index is 868. The number of pyridine rings is 1. The van der Waals surface area contributed by atoms with Crippen LogP contribution in [0.3, 0.4) is 0 Å². The van der Waals surface area contributed by atoms with E-state index in [1.165, 1.54) is 6.20 Å². The fourth-order valence-electron chi connectivity index (χ4n) is 4.24. The highest BCUT2D eigenvalue weighted by Crippen LogP contribution is 2.43. The third-order valence-electron chi connectivity index (χ3n) is 5.74. The van der Waals surface area contributed by atoms with Gasteiger partial charge in [-0.15, -0.1) is 0 Å². The lowest BCUT2D eigenvalue weighted by Gasteiger charge is -2.48. The molecule has 0 radical (unpaired) electrons. The molecule has 4 rings (SSSR count). The maximum absolute atomic E-state index is 12.7. The van der Waals surface area contributed by atoms with Gasteiger partial charge in [0.25, 0.3) is 5.91 Å². The summed E-state index contributed by atoms with van der Waals surface area (Å²) in [6.07, 6.45) is 3.55. The van der Waals surface area contributed by atoms with Crippen LogP contribution in [-0.4, -0.2) is 45.7 Å². The van der Waals surface area contributed by atoms with Crippen molar-refractivity contribution in [1.29, 1.82) is 5.26 Å². The Hall–Kier alpha value is -2.75. The van der Waals surface area contributed by atoms with Gasteiger partial charge in [0.15, 0.2) is 0 Å². The molecule has 2 aromatic rings. The van der Waals surface area contributed by atoms with Crippen LogP contribution >= 0.6 is 0 Å². The van der Waals surface area contributed by atoms with E-state index in [1.54, 1.807) is 17.0 Å². The molecule has 0 unspecified atom stereocenters. The largest absolute Gasteiger partial charge is 0.393 e. The van der Waals surface area contributed by atoms with Crippen molar-refractivity contribution in [2.45, 2.75) is 43.5 Å². The van der Waals surface area contributed by atoms with Crippen molar-refractivity contribution in [3.8, 4) is 6.07 Å². The Balaban J connectivity index is 1.43. The third kappa shape index (κ3) is 3.77. The zero-order valence-electron chi connectivity index (χ0n) is 15.6. The number of benzene rings is 1. The second-order valence-electron chi connectivity index (χ2n) is 7.63. The molecule has 6 heteroatoms. The van der Waals surface area contributed by atoms with Gasteiger partial charge in [0.1, 0.15) is 11.8 Å². The molecule has 0 bridgehead atoms. The normalized spacial score (nSPS) is 23.9. The summed E-state index contributed by atoms with van der Waals surface area (Å²) in [6.45, 7) is 1.15. The summed E-state index contributed by atoms with van der Waals surface area (Å²) >= 11 is 0. The molecule has 2 fully saturated rings. The molecule has 1 N–H and O–H groups in total. The highest BCUT2D eigenvalue weighted by molar-refractivity contribution is 5.94. The van der Waals surface area contributed by atoms with Crippen LogP contribution in [0, 0.1) is 11.3 Å². The zero-order valence-corrected chi connectivity index (χ0v) is 15.6. The van der Waals surface area contributed by atoms with Crippen LogP contribution in [0.25, 0.3) is 0 Å². The van der Waals surface area contributed by atoms with E-state index in [1.807, 2.05) is 36.4 Å². The van der Waals surface area contributed by atoms with E-state index in [0.717, 1.165) is 5.56 Å². The molecule has 0 saturated carbocycles. The Morgan fingerprint density at radius 1 is 1.21 bits per heavy atom. The van der Waals surface area contributed by atoms with Crippen LogP contribution in [0.1, 0.15) is 53.4 Å². The van der Waals surface area contributed by atoms with Gasteiger partial charge >= 0.3 is 0 Å². The van der Waals surface area contributed by atoms with Crippen LogP contribution in [0.5, 0.6) is 0 Å². The first kappa shape index (κ1) is 18.6. The van der Waals surface area contributed by atoms with E-state index in [0.29, 0.717) is 50.0 Å². The number of carbonyl (C=O) groups is 1. The number of nitriles is 1. The van der Waals surface area contributed by atoms with Gasteiger partial charge in [0, 0.05) is 32.1 Å². The molecule has 144 valence electrons. The topological polar surface area (TPSA) is 86.5 Å². The monoisotopic (exact) mass is 377 g/mol. The van der Waals surface area contributed by atoms with Crippen molar-refractivity contribution in [1.82, 2.24) is 9.88 Å². The predicted octanol–water partition coefficient (Wildman–Crippen LogP) is 2.84. The van der Waals surface area contributed by atoms with E-state index in [9.17, 15) is 9.90 Å². The fraction of sp³-hybridized carbons (Fsp3) is 0.409. The summed E-state index contributed by atoms with van der Waals surface area (Å²) in [6, 6.07) is 15.2. The first-order valence-electron chi connectivity index (χ1n) is 9.65. The molecule has 2 atom stereocenters. The van der Waals surface area contributed by atoms with Crippen LogP contribution in [0.15, 0.2) is 48.7 Å². The minimum atomic E-state index is -0.399. The molecule has 28 heavy (non-hydrogen) atoms. The average molecular weight is 377 g/mol. The lowest BCUT2D eigenvalue weighted by Crippen LogP contribution is -2.52. The number of hydrogen-bond acceptors (Lipinski definition) is 5. The molecular weight excluding hydrogens is 354 g/mol. The minimum absolute atomic E-state index is 0.0807. The summed E-state index contributed by atoms with van der Waals surface area (Å²) in [4.78, 5) is 18.5. The van der Waals surface area contributed by atoms with Gasteiger partial charge < -0.3 is 14.7 Å². The maximum atomic E-state index is 12.7. The number of carbonyl (C=O) groups excluding carboxylic acids is 1. The van der Waals surface area contributed by atoms with E-state index in [-0.39, 0.29) is 12.0 Å². The van der Waals surface area contributed by atoms with Crippen molar-refractivity contribution in [2.24, 2.45) is 0 Å². The Kier molecular flexibility index (Phi) is 5.12. The smallest absolute Gasteiger partial charge is 0.255 e. The Labute approximate surface area is 164 Å². The van der Waals surface area contributed by atoms with Gasteiger partial charge in [-0.05, 0) is 30.5 Å². The van der Waals surface area contributed by atoms with Crippen LogP contribution in [0.2, 0.25) is 0 Å². The number of likely N-dealkylation sites (tertiary alicyclic amines) is 1. The van der Waals surface area contributed by atoms with E-state index >= 15 is 0 Å². The molecular formula is C22H23N3O3. The minimum Gasteiger partial charge on any atom is -0.393 e. The SMILES string of the molecule is N#Cc1ccc(C(=O)N2CCC3(CC2)C[C@@H](O)C[C@H](c2ccccc2)O3)cn1. The lowest BCUT2D eigenvalue weighted by molar-refractivity contribution is -0.181. The number of piperidine rings is 1. The number of aromatic nitrogens is 1. The number of amides is 1. The van der Waals surface area contributed by atoms with Crippen molar-refractivity contribution < 1.29 is 14.6 Å². The Morgan fingerprint density at radius 2 is 1.96 bits per heavy atom. The number of aliphatic hydroxyl groups is 1. The quantitative estimate of drug-likeness (QED) is 0.870. The predicted molar refractivity (Wildman–Crippen MR) is 102 cm³/mol. The zero-order chi connectivity index (χ0) is 19.6. The number of nitrogens with zero attached hydrogens (tertiary/aromatic N) is 3. The molecule has 2 saturated heterocycles. The summed E-state index contributed by atoms with van der Waals surface area (Å²) in [5.41, 5.74) is 1.48. The molecule has 6 nitrogen and oxygen atoms in total. The van der Waals surface area contributed by atoms with E-state index in [4.69, 9.17) is 10.00 Å². The van der Waals surface area contributed by atoms with Gasteiger partial charge in [0.05, 0.1) is 23.4 Å². The third-order valence-corrected chi connectivity index (χ3v) is 5.74. The average Bonchev–Trinajstić information content (AvgIpc) is 2.74. The molecule has 2 aliphatic heterocycles. The summed E-state index contributed by atoms with van der Waals surface area (Å²) in [5.74, 6) is -0.0807. The fourth-order valence-corrected chi connectivity index (χ4v) is 4.24. The molecule has 0 aliphatic carbocycles. The van der Waals surface area contributed by atoms with E-state index < -0.39 is 11.7 Å². The summed E-state index contributed by atoms with van der Waals surface area (Å²) in [5, 5.41) is 19.3. The van der Waals surface area contributed by atoms with Gasteiger partial charge in [-0.2, -0.15) is 5.26 Å². The van der Waals surface area contributed by atoms with Crippen molar-refractivity contribution >= 4 is 5.91 Å². The molecule has 1 aromatic heterocycles. The lowest BCUT2D eigenvalue weighted by atomic mass is 9.81. The first-order valence-corrected chi connectivity index (χ1v) is 9.65. The van der Waals surface area contributed by atoms with Crippen molar-refractivity contribution in [2.75, 3.05) is 13.1 Å². The number of aliphatic hydroxyl groups excluding tert-OH is 1. The summed E-state index contributed by atoms with van der Waals surface area (Å²) < 4.78 is 6.49. The standard InChI is InChI=1S/C22H23N3O3/c23-14-18-7-6-17(15-24-18)21(27)25-10-8-22(9-11-25)13-19(26)12-20(28-22)16-4-2-1-3-5-16/h1-7,15,19-20,26H,8-13H2/t19-,20+/m0/s1. The maximum Gasteiger partial charge on any atom is 0.255 e. The van der Waals surface area contributed by atoms with Gasteiger partial charge in [0.2, 0.25) is 0 Å². The van der Waals surface area contributed by atoms with Crippen molar-refractivity contribution in [3.63, 3.8) is 0 Å². The molecule has 3 heterocycles. The highest BCUT2D eigenvalue weighted by Gasteiger charge is 2.44. The summed E-state index contributed by atoms with van der Waals surface area (Å²) in [7, 11) is 0. The number of hydrogen-bond donors (Lipinski definition) is 1. The second kappa shape index (κ2) is 7.70. The molecule has 1 aromatic carbocycles. The van der Waals surface area contributed by atoms with Gasteiger partial charge in [-0.3, -0.25) is 4.79 Å². The van der Waals surface area contributed by atoms with Crippen LogP contribution in [-0.2, 0) is 4.74 Å². The molecule has 1 amide bonds. The van der Waals surface area contributed by atoms with Crippen LogP contribution in [0.4, 0.5) is 0 Å². The molecule has 2 aliphatic rings. The number of rotatable bonds is 2. The second-order valence-corrected chi connectivity index (χ2v) is 7.63. The van der Waals surface area contributed by atoms with Gasteiger partial charge in [-0.25, -0.2) is 4.98 Å². The molecule has 1 spiro atoms.